The van der Waals surface area contributed by atoms with Gasteiger partial charge in [0.2, 0.25) is 0 Å². The molecule has 0 saturated heterocycles. The van der Waals surface area contributed by atoms with E-state index < -0.39 is 98.9 Å². The van der Waals surface area contributed by atoms with Crippen LogP contribution >= 0.6 is 23.2 Å². The molecule has 0 aliphatic heterocycles. The molecule has 91 heavy (non-hydrogen) atoms. The number of esters is 2. The highest BCUT2D eigenvalue weighted by atomic mass is 35.5. The molecule has 6 aromatic rings. The molecule has 39 heteroatoms. The lowest BCUT2D eigenvalue weighted by Crippen LogP contribution is -2.36. The molecule has 0 fully saturated rings. The Morgan fingerprint density at radius 1 is 0.473 bits per heavy atom. The van der Waals surface area contributed by atoms with Crippen molar-refractivity contribution >= 4 is 87.0 Å². The molecular formula is C52H50Cl2F12N6O15S4. The van der Waals surface area contributed by atoms with E-state index >= 15 is 0 Å². The van der Waals surface area contributed by atoms with Gasteiger partial charge in [-0.15, -0.1) is 3.63 Å². The molecular weight excluding hydrogens is 1380 g/mol. The Labute approximate surface area is 521 Å². The molecule has 0 aliphatic rings. The van der Waals surface area contributed by atoms with Gasteiger partial charge in [-0.25, -0.2) is 45.8 Å². The molecule has 500 valence electrons. The molecule has 0 bridgehead atoms. The zero-order valence-corrected chi connectivity index (χ0v) is 51.9. The second-order valence-electron chi connectivity index (χ2n) is 18.4. The van der Waals surface area contributed by atoms with Gasteiger partial charge in [-0.05, 0) is 36.1 Å². The van der Waals surface area contributed by atoms with Crippen LogP contribution in [0.5, 0.6) is 0 Å². The maximum Gasteiger partial charge on any atom is 0.524 e. The molecule has 21 nitrogen and oxygen atoms in total. The van der Waals surface area contributed by atoms with E-state index in [0.717, 1.165) is 25.7 Å². The first-order valence-electron chi connectivity index (χ1n) is 25.5. The third-order valence-corrected chi connectivity index (χ3v) is 17.6. The molecule has 4 aromatic carbocycles. The van der Waals surface area contributed by atoms with E-state index in [2.05, 4.69) is 9.97 Å². The van der Waals surface area contributed by atoms with Gasteiger partial charge in [-0.3, -0.25) is 9.59 Å². The number of nitrogens with zero attached hydrogens (tertiary/aromatic N) is 4. The number of carbonyl (C=O) groups excluding carboxylic acids is 4. The van der Waals surface area contributed by atoms with Crippen LogP contribution in [0.15, 0.2) is 97.1 Å². The van der Waals surface area contributed by atoms with Gasteiger partial charge in [0.15, 0.2) is 21.9 Å². The van der Waals surface area contributed by atoms with Crippen LogP contribution in [-0.4, -0.2) is 113 Å². The number of halogens is 14. The topological polar surface area (TPSA) is 292 Å². The number of hydrogen-bond donors (Lipinski definition) is 2. The minimum atomic E-state index is -6.85. The van der Waals surface area contributed by atoms with Crippen molar-refractivity contribution in [3.63, 3.8) is 0 Å². The largest absolute Gasteiger partial charge is 0.524 e. The highest BCUT2D eigenvalue weighted by Gasteiger charge is 2.57. The molecule has 0 radical (unpaired) electrons. The Morgan fingerprint density at radius 2 is 0.769 bits per heavy atom. The summed E-state index contributed by atoms with van der Waals surface area (Å²) in [6.07, 6.45) is 4.06. The van der Waals surface area contributed by atoms with Crippen molar-refractivity contribution in [3.8, 4) is 0 Å². The lowest BCUT2D eigenvalue weighted by atomic mass is 9.97. The molecule has 2 heterocycles. The van der Waals surface area contributed by atoms with E-state index in [1.807, 2.05) is 17.5 Å². The van der Waals surface area contributed by atoms with Crippen molar-refractivity contribution in [2.75, 3.05) is 14.2 Å². The van der Waals surface area contributed by atoms with E-state index in [9.17, 15) is 106 Å². The quantitative estimate of drug-likeness (QED) is 0.0246. The number of benzene rings is 4. The molecule has 0 aliphatic carbocycles. The summed E-state index contributed by atoms with van der Waals surface area (Å²) in [6.45, 7) is 2.74. The lowest BCUT2D eigenvalue weighted by Gasteiger charge is -2.14. The van der Waals surface area contributed by atoms with E-state index in [-0.39, 0.29) is 57.0 Å². The smallest absolute Gasteiger partial charge is 0.465 e. The number of ketones is 2. The zero-order valence-electron chi connectivity index (χ0n) is 47.1. The molecule has 2 N–H and O–H groups in total. The number of aryl methyl sites for hydroxylation is 2. The van der Waals surface area contributed by atoms with Crippen LogP contribution in [0, 0.1) is 0 Å². The van der Waals surface area contributed by atoms with Crippen molar-refractivity contribution in [3.05, 3.63) is 175 Å². The van der Waals surface area contributed by atoms with Gasteiger partial charge in [-0.1, -0.05) is 135 Å². The summed E-state index contributed by atoms with van der Waals surface area (Å²) in [5.41, 5.74) is -20.8. The first kappa shape index (κ1) is 76.5. The fraction of sp³-hybridized carbons (Fsp3) is 0.346. The average molecular weight is 1430 g/mol. The number of unbranched alkanes of at least 4 members (excludes halogenated alkanes) is 2. The number of sulfonamides is 2. The Balaban J connectivity index is 0.000000318. The summed E-state index contributed by atoms with van der Waals surface area (Å²) in [5.74, 6) is -1.09. The van der Waals surface area contributed by atoms with Crippen molar-refractivity contribution in [1.29, 1.82) is 0 Å². The van der Waals surface area contributed by atoms with E-state index in [1.165, 1.54) is 47.9 Å². The van der Waals surface area contributed by atoms with Crippen molar-refractivity contribution in [1.82, 2.24) is 28.5 Å². The Morgan fingerprint density at radius 3 is 1.03 bits per heavy atom. The Bertz CT molecular complexity index is 3790. The molecule has 0 saturated carbocycles. The minimum Gasteiger partial charge on any atom is -0.465 e. The van der Waals surface area contributed by atoms with Gasteiger partial charge in [-0.2, -0.15) is 69.5 Å². The monoisotopic (exact) mass is 1420 g/mol. The third kappa shape index (κ3) is 20.0. The molecule has 0 atom stereocenters. The average Bonchev–Trinajstić information content (AvgIpc) is 1.55. The van der Waals surface area contributed by atoms with Crippen LogP contribution in [0.1, 0.15) is 126 Å². The maximum atomic E-state index is 13.0. The zero-order chi connectivity index (χ0) is 68.9. The van der Waals surface area contributed by atoms with Crippen molar-refractivity contribution in [2.45, 2.75) is 101 Å². The molecule has 0 spiro atoms. The standard InChI is InChI=1S/2C25H25ClF3N3O5S.C2F6O5S2/c2*1-3-4-9-21-31-23(26)20(14-30-38(35,36)25(27,28)29)32(21)15-16-10-12-17(13-11-16)22(33)18-7-5-6-8-19(18)24(34)37-2;3-1(4,5)14(9,10)13-15(11,12)2(6,7)8/h2*5-8,10-13,30H,3-4,9,14-15H2,1-2H3;. The number of methoxy groups -OCH3 is 2. The Kier molecular flexibility index (Phi) is 26.1. The summed E-state index contributed by atoms with van der Waals surface area (Å²) in [6, 6.07) is 25.3. The fourth-order valence-corrected chi connectivity index (χ4v) is 10.7. The summed E-state index contributed by atoms with van der Waals surface area (Å²) in [5, 5.41) is -0.209. The number of alkyl halides is 12. The van der Waals surface area contributed by atoms with E-state index in [1.54, 1.807) is 81.9 Å². The molecule has 2 aromatic heterocycles. The first-order valence-corrected chi connectivity index (χ1v) is 32.1. The molecule has 6 rings (SSSR count). The number of ether oxygens (including phenoxy) is 2. The van der Waals surface area contributed by atoms with Crippen LogP contribution < -0.4 is 9.44 Å². The van der Waals surface area contributed by atoms with Crippen LogP contribution in [0.25, 0.3) is 0 Å². The molecule has 0 unspecified atom stereocenters. The van der Waals surface area contributed by atoms with Crippen LogP contribution in [0.4, 0.5) is 52.7 Å². The number of hydrogen-bond acceptors (Lipinski definition) is 17. The van der Waals surface area contributed by atoms with Gasteiger partial charge in [0.05, 0.1) is 49.8 Å². The van der Waals surface area contributed by atoms with Gasteiger partial charge in [0.1, 0.15) is 11.6 Å². The van der Waals surface area contributed by atoms with Gasteiger partial charge < -0.3 is 18.6 Å². The van der Waals surface area contributed by atoms with Gasteiger partial charge >= 0.3 is 74.3 Å². The van der Waals surface area contributed by atoms with E-state index in [0.29, 0.717) is 46.7 Å². The number of imidazole rings is 2. The van der Waals surface area contributed by atoms with Crippen molar-refractivity contribution < 1.29 is 119 Å². The van der Waals surface area contributed by atoms with Crippen molar-refractivity contribution in [2.24, 2.45) is 0 Å². The number of rotatable bonds is 24. The summed E-state index contributed by atoms with van der Waals surface area (Å²) < 4.78 is 249. The highest BCUT2D eigenvalue weighted by molar-refractivity contribution is 8.00. The highest BCUT2D eigenvalue weighted by Crippen LogP contribution is 2.33. The second kappa shape index (κ2) is 31.1. The van der Waals surface area contributed by atoms with Gasteiger partial charge in [0.25, 0.3) is 0 Å². The number of aromatic nitrogens is 4. The van der Waals surface area contributed by atoms with Gasteiger partial charge in [0, 0.05) is 48.2 Å². The number of nitrogens with one attached hydrogen (secondary N) is 2. The summed E-state index contributed by atoms with van der Waals surface area (Å²) in [4.78, 5) is 58.7. The first-order chi connectivity index (χ1) is 42.0. The third-order valence-electron chi connectivity index (χ3n) is 12.2. The molecule has 0 amide bonds. The maximum absolute atomic E-state index is 13.0. The lowest BCUT2D eigenvalue weighted by molar-refractivity contribution is -0.0586. The SMILES string of the molecule is CCCCc1nc(Cl)c(CNS(=O)(=O)C(F)(F)F)n1Cc1ccc(C(=O)c2ccccc2C(=O)OC)cc1.CCCCc1nc(Cl)c(CNS(=O)(=O)C(F)(F)F)n1Cc1ccc(C(=O)c2ccccc2C(=O)OC)cc1.O=S(=O)(OS(=O)(=O)C(F)(F)F)C(F)(F)F. The van der Waals surface area contributed by atoms with E-state index in [4.69, 9.17) is 32.7 Å². The van der Waals surface area contributed by atoms with Crippen LogP contribution in [0.3, 0.4) is 0 Å². The summed E-state index contributed by atoms with van der Waals surface area (Å²) >= 11 is 12.4. The summed E-state index contributed by atoms with van der Waals surface area (Å²) in [7, 11) is -22.4. The fourth-order valence-electron chi connectivity index (χ4n) is 7.60. The normalized spacial score (nSPS) is 12.5. The van der Waals surface area contributed by atoms with Crippen LogP contribution in [-0.2, 0) is 92.4 Å². The number of carbonyl (C=O) groups is 4. The second-order valence-corrected chi connectivity index (χ2v) is 26.0. The predicted molar refractivity (Wildman–Crippen MR) is 300 cm³/mol. The Hall–Kier alpha value is -7.00. The predicted octanol–water partition coefficient (Wildman–Crippen LogP) is 10.5. The minimum absolute atomic E-state index is 0.0813. The van der Waals surface area contributed by atoms with Crippen LogP contribution in [0.2, 0.25) is 10.3 Å².